The van der Waals surface area contributed by atoms with E-state index in [0.29, 0.717) is 5.92 Å². The first-order valence-corrected chi connectivity index (χ1v) is 11.9. The van der Waals surface area contributed by atoms with Crippen molar-refractivity contribution in [2.24, 2.45) is 17.8 Å². The maximum atomic E-state index is 12.7. The lowest BCUT2D eigenvalue weighted by Crippen LogP contribution is -2.36. The van der Waals surface area contributed by atoms with Crippen LogP contribution in [0.15, 0.2) is 0 Å². The molecule has 3 unspecified atom stereocenters. The van der Waals surface area contributed by atoms with Gasteiger partial charge in [0.05, 0.1) is 11.8 Å². The number of hydrogen-bond acceptors (Lipinski definition) is 4. The first-order valence-electron chi connectivity index (χ1n) is 11.9. The third-order valence-corrected chi connectivity index (χ3v) is 6.30. The Bertz CT molecular complexity index is 428. The molecule has 1 aliphatic rings. The Balaban J connectivity index is 2.68. The van der Waals surface area contributed by atoms with Crippen molar-refractivity contribution >= 4 is 11.9 Å². The van der Waals surface area contributed by atoms with Gasteiger partial charge in [-0.3, -0.25) is 9.59 Å². The Kier molecular flexibility index (Phi) is 13.3. The zero-order chi connectivity index (χ0) is 20.8. The summed E-state index contributed by atoms with van der Waals surface area (Å²) >= 11 is 0. The highest BCUT2D eigenvalue weighted by molar-refractivity contribution is 5.73. The predicted molar refractivity (Wildman–Crippen MR) is 114 cm³/mol. The molecule has 1 rings (SSSR count). The summed E-state index contributed by atoms with van der Waals surface area (Å²) in [4.78, 5) is 25.3. The SMILES string of the molecule is CCCCC(CC)C(=O)OCC(OC(=O)C(CC)CCCC)C1CCCCC1. The molecule has 4 heteroatoms. The molecule has 3 atom stereocenters. The van der Waals surface area contributed by atoms with Gasteiger partial charge in [-0.15, -0.1) is 0 Å². The minimum Gasteiger partial charge on any atom is -0.462 e. The zero-order valence-corrected chi connectivity index (χ0v) is 18.8. The van der Waals surface area contributed by atoms with Crippen LogP contribution in [0.25, 0.3) is 0 Å². The summed E-state index contributed by atoms with van der Waals surface area (Å²) in [5.41, 5.74) is 0. The topological polar surface area (TPSA) is 52.6 Å². The maximum Gasteiger partial charge on any atom is 0.309 e. The Morgan fingerprint density at radius 1 is 0.821 bits per heavy atom. The molecule has 4 nitrogen and oxygen atoms in total. The van der Waals surface area contributed by atoms with Crippen molar-refractivity contribution in [3.63, 3.8) is 0 Å². The van der Waals surface area contributed by atoms with Crippen molar-refractivity contribution in [2.45, 2.75) is 117 Å². The minimum absolute atomic E-state index is 0.0319. The van der Waals surface area contributed by atoms with E-state index in [1.54, 1.807) is 0 Å². The molecule has 0 aromatic rings. The maximum absolute atomic E-state index is 12.7. The van der Waals surface area contributed by atoms with Gasteiger partial charge in [0.1, 0.15) is 12.7 Å². The van der Waals surface area contributed by atoms with Gasteiger partial charge in [0.25, 0.3) is 0 Å². The number of carbonyl (C=O) groups is 2. The molecule has 0 aromatic carbocycles. The number of unbranched alkanes of at least 4 members (excludes halogenated alkanes) is 2. The summed E-state index contributed by atoms with van der Waals surface area (Å²) in [6.45, 7) is 8.60. The predicted octanol–water partition coefficient (Wildman–Crippen LogP) is 6.45. The summed E-state index contributed by atoms with van der Waals surface area (Å²) < 4.78 is 11.7. The lowest BCUT2D eigenvalue weighted by molar-refractivity contribution is -0.169. The van der Waals surface area contributed by atoms with Gasteiger partial charge in [0.2, 0.25) is 0 Å². The molecule has 0 aromatic heterocycles. The van der Waals surface area contributed by atoms with E-state index in [2.05, 4.69) is 20.8 Å². The molecule has 0 N–H and O–H groups in total. The quantitative estimate of drug-likeness (QED) is 0.316. The van der Waals surface area contributed by atoms with Crippen LogP contribution < -0.4 is 0 Å². The van der Waals surface area contributed by atoms with Gasteiger partial charge in [0, 0.05) is 0 Å². The largest absolute Gasteiger partial charge is 0.462 e. The van der Waals surface area contributed by atoms with Gasteiger partial charge in [-0.2, -0.15) is 0 Å². The van der Waals surface area contributed by atoms with E-state index < -0.39 is 0 Å². The van der Waals surface area contributed by atoms with Crippen molar-refractivity contribution in [1.29, 1.82) is 0 Å². The van der Waals surface area contributed by atoms with E-state index in [4.69, 9.17) is 9.47 Å². The van der Waals surface area contributed by atoms with Crippen molar-refractivity contribution in [2.75, 3.05) is 6.61 Å². The second-order valence-electron chi connectivity index (χ2n) is 8.50. The average Bonchev–Trinajstić information content (AvgIpc) is 2.72. The number of ether oxygens (including phenoxy) is 2. The van der Waals surface area contributed by atoms with Crippen LogP contribution in [0.2, 0.25) is 0 Å². The number of rotatable bonds is 14. The van der Waals surface area contributed by atoms with E-state index in [1.165, 1.54) is 19.3 Å². The van der Waals surface area contributed by atoms with Crippen LogP contribution in [0.3, 0.4) is 0 Å². The summed E-state index contributed by atoms with van der Waals surface area (Å²) in [7, 11) is 0. The highest BCUT2D eigenvalue weighted by atomic mass is 16.6. The lowest BCUT2D eigenvalue weighted by Gasteiger charge is -2.31. The molecule has 0 radical (unpaired) electrons. The Morgan fingerprint density at radius 3 is 1.86 bits per heavy atom. The van der Waals surface area contributed by atoms with Crippen LogP contribution in [-0.2, 0) is 19.1 Å². The Morgan fingerprint density at radius 2 is 1.36 bits per heavy atom. The van der Waals surface area contributed by atoms with Crippen molar-refractivity contribution < 1.29 is 19.1 Å². The van der Waals surface area contributed by atoms with Crippen LogP contribution in [0.4, 0.5) is 0 Å². The minimum atomic E-state index is -0.281. The van der Waals surface area contributed by atoms with Gasteiger partial charge in [-0.25, -0.2) is 0 Å². The third-order valence-electron chi connectivity index (χ3n) is 6.30. The molecule has 28 heavy (non-hydrogen) atoms. The lowest BCUT2D eigenvalue weighted by atomic mass is 9.85. The molecule has 0 spiro atoms. The molecular formula is C24H44O4. The monoisotopic (exact) mass is 396 g/mol. The Hall–Kier alpha value is -1.06. The van der Waals surface area contributed by atoms with Crippen molar-refractivity contribution in [1.82, 2.24) is 0 Å². The average molecular weight is 397 g/mol. The van der Waals surface area contributed by atoms with Crippen LogP contribution in [0, 0.1) is 17.8 Å². The van der Waals surface area contributed by atoms with Crippen LogP contribution >= 0.6 is 0 Å². The van der Waals surface area contributed by atoms with E-state index in [1.807, 2.05) is 6.92 Å². The van der Waals surface area contributed by atoms with Gasteiger partial charge >= 0.3 is 11.9 Å². The van der Waals surface area contributed by atoms with E-state index >= 15 is 0 Å². The summed E-state index contributed by atoms with van der Waals surface area (Å²) in [5, 5.41) is 0. The molecule has 0 amide bonds. The van der Waals surface area contributed by atoms with E-state index in [0.717, 1.165) is 64.2 Å². The van der Waals surface area contributed by atoms with Crippen LogP contribution in [0.1, 0.15) is 111 Å². The standard InChI is InChI=1S/C24H44O4/c1-5-9-14-19(7-3)23(25)27-18-22(21-16-12-11-13-17-21)28-24(26)20(8-4)15-10-6-2/h19-22H,5-18H2,1-4H3. The van der Waals surface area contributed by atoms with Gasteiger partial charge in [0.15, 0.2) is 0 Å². The fourth-order valence-electron chi connectivity index (χ4n) is 4.18. The smallest absolute Gasteiger partial charge is 0.309 e. The fraction of sp³-hybridized carbons (Fsp3) is 0.917. The summed E-state index contributed by atoms with van der Waals surface area (Å²) in [6.07, 6.45) is 13.1. The molecule has 0 heterocycles. The highest BCUT2D eigenvalue weighted by Crippen LogP contribution is 2.29. The Labute approximate surface area is 173 Å². The fourth-order valence-corrected chi connectivity index (χ4v) is 4.18. The van der Waals surface area contributed by atoms with Crippen LogP contribution in [0.5, 0.6) is 0 Å². The number of hydrogen-bond donors (Lipinski definition) is 0. The second kappa shape index (κ2) is 14.9. The molecule has 1 aliphatic carbocycles. The second-order valence-corrected chi connectivity index (χ2v) is 8.50. The van der Waals surface area contributed by atoms with E-state index in [9.17, 15) is 9.59 Å². The van der Waals surface area contributed by atoms with Gasteiger partial charge in [-0.05, 0) is 44.4 Å². The molecule has 164 valence electrons. The number of esters is 2. The van der Waals surface area contributed by atoms with E-state index in [-0.39, 0.29) is 36.5 Å². The summed E-state index contributed by atoms with van der Waals surface area (Å²) in [5.74, 6) is 0.0432. The summed E-state index contributed by atoms with van der Waals surface area (Å²) in [6, 6.07) is 0. The van der Waals surface area contributed by atoms with Gasteiger partial charge in [-0.1, -0.05) is 72.6 Å². The van der Waals surface area contributed by atoms with Crippen molar-refractivity contribution in [3.05, 3.63) is 0 Å². The molecule has 1 saturated carbocycles. The zero-order valence-electron chi connectivity index (χ0n) is 18.8. The highest BCUT2D eigenvalue weighted by Gasteiger charge is 2.31. The number of carbonyl (C=O) groups excluding carboxylic acids is 2. The molecule has 0 aliphatic heterocycles. The third kappa shape index (κ3) is 8.96. The first kappa shape index (κ1) is 25.0. The molecular weight excluding hydrogens is 352 g/mol. The first-order chi connectivity index (χ1) is 13.6. The van der Waals surface area contributed by atoms with Gasteiger partial charge < -0.3 is 9.47 Å². The molecule has 0 bridgehead atoms. The molecule has 0 saturated heterocycles. The van der Waals surface area contributed by atoms with Crippen molar-refractivity contribution in [3.8, 4) is 0 Å². The van der Waals surface area contributed by atoms with Crippen LogP contribution in [-0.4, -0.2) is 24.6 Å². The normalized spacial score (nSPS) is 18.3. The molecule has 1 fully saturated rings.